The van der Waals surface area contributed by atoms with Gasteiger partial charge in [-0.15, -0.1) is 0 Å². The second-order valence-electron chi connectivity index (χ2n) is 3.17. The molecule has 0 saturated heterocycles. The molecule has 3 nitrogen and oxygen atoms in total. The predicted octanol–water partition coefficient (Wildman–Crippen LogP) is 2.27. The van der Waals surface area contributed by atoms with E-state index in [1.54, 1.807) is 0 Å². The summed E-state index contributed by atoms with van der Waals surface area (Å²) in [6.45, 7) is 0. The van der Waals surface area contributed by atoms with E-state index >= 15 is 0 Å². The molecule has 0 radical (unpaired) electrons. The second kappa shape index (κ2) is 4.37. The third-order valence-corrected chi connectivity index (χ3v) is 2.08. The van der Waals surface area contributed by atoms with Gasteiger partial charge in [-0.05, 0) is 41.5 Å². The van der Waals surface area contributed by atoms with Crippen LogP contribution in [0.25, 0.3) is 0 Å². The van der Waals surface area contributed by atoms with Crippen LogP contribution in [-0.4, -0.2) is 0 Å². The van der Waals surface area contributed by atoms with Gasteiger partial charge in [-0.1, -0.05) is 18.2 Å². The second-order valence-corrected chi connectivity index (χ2v) is 3.17. The van der Waals surface area contributed by atoms with Gasteiger partial charge in [-0.2, -0.15) is 5.53 Å². The molecule has 0 atom stereocenters. The van der Waals surface area contributed by atoms with E-state index < -0.39 is 0 Å². The zero-order chi connectivity index (χ0) is 10.5. The van der Waals surface area contributed by atoms with Gasteiger partial charge in [0.05, 0.1) is 0 Å². The predicted molar refractivity (Wildman–Crippen MR) is 60.2 cm³/mol. The van der Waals surface area contributed by atoms with Gasteiger partial charge in [0.15, 0.2) is 0 Å². The molecule has 0 fully saturated rings. The fourth-order valence-corrected chi connectivity index (χ4v) is 1.32. The van der Waals surface area contributed by atoms with Gasteiger partial charge in [0.25, 0.3) is 0 Å². The number of nitrogens with zero attached hydrogens (tertiary/aromatic N) is 1. The first-order valence-corrected chi connectivity index (χ1v) is 4.71. The fraction of sp³-hybridized carbons (Fsp3) is 0. The minimum absolute atomic E-state index is 0.772. The van der Waals surface area contributed by atoms with Crippen LogP contribution in [0.15, 0.2) is 59.7 Å². The summed E-state index contributed by atoms with van der Waals surface area (Å²) in [4.78, 5) is 0. The van der Waals surface area contributed by atoms with E-state index in [9.17, 15) is 0 Å². The third kappa shape index (κ3) is 2.40. The molecule has 0 saturated carbocycles. The summed E-state index contributed by atoms with van der Waals surface area (Å²) in [5.74, 6) is 0. The minimum Gasteiger partial charge on any atom is -0.356 e. The molecule has 3 N–H and O–H groups in total. The third-order valence-electron chi connectivity index (χ3n) is 2.08. The Morgan fingerprint density at radius 3 is 2.00 bits per heavy atom. The lowest BCUT2D eigenvalue weighted by Gasteiger charge is -2.05. The van der Waals surface area contributed by atoms with Gasteiger partial charge in [-0.3, -0.25) is 0 Å². The molecule has 0 amide bonds. The lowest BCUT2D eigenvalue weighted by atomic mass is 10.2. The number of nitrogens with two attached hydrogens (primary N) is 1. The summed E-state index contributed by atoms with van der Waals surface area (Å²) >= 11 is 0. The van der Waals surface area contributed by atoms with Gasteiger partial charge in [-0.25, -0.2) is 0 Å². The molecule has 0 bridgehead atoms. The lowest BCUT2D eigenvalue weighted by Crippen LogP contribution is -2.21. The van der Waals surface area contributed by atoms with Crippen LogP contribution in [0, 0.1) is 0 Å². The number of anilines is 2. The van der Waals surface area contributed by atoms with Crippen molar-refractivity contribution in [3.8, 4) is 0 Å². The van der Waals surface area contributed by atoms with Crippen LogP contribution in [-0.2, 0) is 0 Å². The number of para-hydroxylation sites is 1. The van der Waals surface area contributed by atoms with E-state index in [-0.39, 0.29) is 0 Å². The zero-order valence-electron chi connectivity index (χ0n) is 8.22. The SMILES string of the molecule is [NH2+]=Nc1ccc(Nc2ccccc2)cc1. The summed E-state index contributed by atoms with van der Waals surface area (Å²) < 4.78 is 0. The maximum atomic E-state index is 5.16. The van der Waals surface area contributed by atoms with Crippen molar-refractivity contribution < 1.29 is 5.53 Å². The van der Waals surface area contributed by atoms with Crippen LogP contribution in [0.4, 0.5) is 17.1 Å². The highest BCUT2D eigenvalue weighted by Gasteiger charge is 1.94. The molecule has 3 heteroatoms. The Morgan fingerprint density at radius 2 is 1.40 bits per heavy atom. The van der Waals surface area contributed by atoms with Crippen molar-refractivity contribution in [2.75, 3.05) is 5.32 Å². The fourth-order valence-electron chi connectivity index (χ4n) is 1.32. The smallest absolute Gasteiger partial charge is 0.130 e. The van der Waals surface area contributed by atoms with Crippen LogP contribution >= 0.6 is 0 Å². The van der Waals surface area contributed by atoms with Gasteiger partial charge < -0.3 is 5.32 Å². The molecule has 2 aromatic rings. The highest BCUT2D eigenvalue weighted by Crippen LogP contribution is 2.19. The Balaban J connectivity index is 2.15. The van der Waals surface area contributed by atoms with E-state index in [0.717, 1.165) is 17.1 Å². The van der Waals surface area contributed by atoms with Gasteiger partial charge in [0, 0.05) is 11.4 Å². The highest BCUT2D eigenvalue weighted by molar-refractivity contribution is 5.61. The quantitative estimate of drug-likeness (QED) is 0.730. The molecule has 2 aromatic carbocycles. The first-order valence-electron chi connectivity index (χ1n) is 4.71. The van der Waals surface area contributed by atoms with E-state index in [2.05, 4.69) is 10.4 Å². The summed E-state index contributed by atoms with van der Waals surface area (Å²) in [6, 6.07) is 17.6. The van der Waals surface area contributed by atoms with E-state index in [1.165, 1.54) is 0 Å². The normalized spacial score (nSPS) is 9.60. The Labute approximate surface area is 88.3 Å². The molecule has 0 aliphatic carbocycles. The Kier molecular flexibility index (Phi) is 2.74. The van der Waals surface area contributed by atoms with Crippen LogP contribution < -0.4 is 10.8 Å². The molecular formula is C12H12N3+. The number of rotatable bonds is 3. The van der Waals surface area contributed by atoms with Gasteiger partial charge in [0.1, 0.15) is 5.69 Å². The summed E-state index contributed by atoms with van der Waals surface area (Å²) in [5.41, 5.74) is 8.02. The summed E-state index contributed by atoms with van der Waals surface area (Å²) in [7, 11) is 0. The first kappa shape index (κ1) is 9.40. The van der Waals surface area contributed by atoms with E-state index in [1.807, 2.05) is 54.6 Å². The van der Waals surface area contributed by atoms with E-state index in [4.69, 9.17) is 5.53 Å². The van der Waals surface area contributed by atoms with Gasteiger partial charge >= 0.3 is 0 Å². The molecule has 0 heterocycles. The van der Waals surface area contributed by atoms with Crippen molar-refractivity contribution in [3.05, 3.63) is 54.6 Å². The Morgan fingerprint density at radius 1 is 0.800 bits per heavy atom. The Bertz CT molecular complexity index is 434. The molecule has 15 heavy (non-hydrogen) atoms. The molecule has 0 unspecified atom stereocenters. The van der Waals surface area contributed by atoms with Crippen molar-refractivity contribution in [3.63, 3.8) is 0 Å². The average Bonchev–Trinajstić information content (AvgIpc) is 2.31. The zero-order valence-corrected chi connectivity index (χ0v) is 8.22. The maximum Gasteiger partial charge on any atom is 0.130 e. The lowest BCUT2D eigenvalue weighted by molar-refractivity contribution is -0.210. The minimum atomic E-state index is 0.772. The van der Waals surface area contributed by atoms with Crippen molar-refractivity contribution in [1.82, 2.24) is 0 Å². The van der Waals surface area contributed by atoms with Crippen LogP contribution in [0.3, 0.4) is 0 Å². The highest BCUT2D eigenvalue weighted by atomic mass is 15.0. The number of hydrogen-bond acceptors (Lipinski definition) is 2. The van der Waals surface area contributed by atoms with Crippen LogP contribution in [0.1, 0.15) is 0 Å². The molecule has 74 valence electrons. The first-order chi connectivity index (χ1) is 7.38. The molecular weight excluding hydrogens is 186 g/mol. The molecule has 0 aliphatic heterocycles. The topological polar surface area (TPSA) is 50.0 Å². The average molecular weight is 198 g/mol. The monoisotopic (exact) mass is 198 g/mol. The maximum absolute atomic E-state index is 5.16. The largest absolute Gasteiger partial charge is 0.356 e. The number of nitrogens with one attached hydrogen (secondary N) is 1. The van der Waals surface area contributed by atoms with Crippen LogP contribution in [0.5, 0.6) is 0 Å². The summed E-state index contributed by atoms with van der Waals surface area (Å²) in [5, 5.41) is 6.86. The van der Waals surface area contributed by atoms with Crippen molar-refractivity contribution >= 4 is 17.1 Å². The Hall–Kier alpha value is -2.16. The van der Waals surface area contributed by atoms with Crippen molar-refractivity contribution in [1.29, 1.82) is 0 Å². The van der Waals surface area contributed by atoms with E-state index in [0.29, 0.717) is 0 Å². The molecule has 0 spiro atoms. The van der Waals surface area contributed by atoms with Gasteiger partial charge in [0.2, 0.25) is 0 Å². The van der Waals surface area contributed by atoms with Crippen molar-refractivity contribution in [2.45, 2.75) is 0 Å². The molecule has 2 rings (SSSR count). The van der Waals surface area contributed by atoms with Crippen LogP contribution in [0.2, 0.25) is 0 Å². The number of benzene rings is 2. The summed E-state index contributed by atoms with van der Waals surface area (Å²) in [6.07, 6.45) is 0. The standard InChI is InChI=1S/C12H11N3/c13-15-12-8-6-11(7-9-12)14-10-4-2-1-3-5-10/h1-9,13-14H/p+1. The molecule has 0 aliphatic rings. The molecule has 0 aromatic heterocycles. The van der Waals surface area contributed by atoms with Crippen molar-refractivity contribution in [2.24, 2.45) is 5.11 Å². The number of hydrogen-bond donors (Lipinski definition) is 2.